The molecule has 0 aliphatic heterocycles. The van der Waals surface area contributed by atoms with Crippen LogP contribution in [-0.2, 0) is 4.79 Å². The highest BCUT2D eigenvalue weighted by molar-refractivity contribution is 5.68. The van der Waals surface area contributed by atoms with Crippen LogP contribution in [0.4, 0.5) is 0 Å². The molecular weight excluding hydrogens is 228 g/mol. The molecule has 0 heterocycles. The van der Waals surface area contributed by atoms with E-state index in [-0.39, 0.29) is 18.1 Å². The molecule has 0 saturated heterocycles. The van der Waals surface area contributed by atoms with Gasteiger partial charge in [-0.1, -0.05) is 26.0 Å². The predicted octanol–water partition coefficient (Wildman–Crippen LogP) is 3.48. The molecule has 1 unspecified atom stereocenters. The number of phenols is 1. The molecule has 1 aliphatic carbocycles. The second kappa shape index (κ2) is 5.01. The fourth-order valence-corrected chi connectivity index (χ4v) is 2.45. The summed E-state index contributed by atoms with van der Waals surface area (Å²) < 4.78 is 0. The van der Waals surface area contributed by atoms with Crippen LogP contribution in [0, 0.1) is 5.92 Å². The van der Waals surface area contributed by atoms with Gasteiger partial charge in [-0.05, 0) is 41.9 Å². The molecule has 98 valence electrons. The minimum atomic E-state index is -0.792. The average molecular weight is 248 g/mol. The van der Waals surface area contributed by atoms with E-state index in [1.165, 1.54) is 0 Å². The maximum atomic E-state index is 10.9. The van der Waals surface area contributed by atoms with Gasteiger partial charge >= 0.3 is 5.97 Å². The van der Waals surface area contributed by atoms with Gasteiger partial charge in [0.15, 0.2) is 0 Å². The Morgan fingerprint density at radius 1 is 1.39 bits per heavy atom. The van der Waals surface area contributed by atoms with E-state index in [1.54, 1.807) is 6.07 Å². The van der Waals surface area contributed by atoms with Crippen LogP contribution in [0.1, 0.15) is 56.1 Å². The summed E-state index contributed by atoms with van der Waals surface area (Å²) in [4.78, 5) is 10.9. The molecule has 1 aliphatic rings. The lowest BCUT2D eigenvalue weighted by Crippen LogP contribution is -2.08. The van der Waals surface area contributed by atoms with E-state index in [4.69, 9.17) is 5.11 Å². The zero-order valence-electron chi connectivity index (χ0n) is 10.9. The largest absolute Gasteiger partial charge is 0.508 e. The van der Waals surface area contributed by atoms with Crippen molar-refractivity contribution in [2.24, 2.45) is 5.92 Å². The highest BCUT2D eigenvalue weighted by Crippen LogP contribution is 2.47. The van der Waals surface area contributed by atoms with Crippen molar-refractivity contribution in [3.8, 4) is 5.75 Å². The van der Waals surface area contributed by atoms with Crippen molar-refractivity contribution in [2.75, 3.05) is 0 Å². The molecule has 1 aromatic rings. The highest BCUT2D eigenvalue weighted by atomic mass is 16.4. The maximum absolute atomic E-state index is 10.9. The molecule has 1 aromatic carbocycles. The first-order valence-corrected chi connectivity index (χ1v) is 6.53. The van der Waals surface area contributed by atoms with Crippen LogP contribution in [0.25, 0.3) is 0 Å². The topological polar surface area (TPSA) is 57.5 Å². The van der Waals surface area contributed by atoms with Gasteiger partial charge in [0.05, 0.1) is 6.42 Å². The molecule has 3 heteroatoms. The summed E-state index contributed by atoms with van der Waals surface area (Å²) >= 11 is 0. The molecule has 0 aromatic heterocycles. The van der Waals surface area contributed by atoms with Gasteiger partial charge in [-0.3, -0.25) is 4.79 Å². The van der Waals surface area contributed by atoms with E-state index >= 15 is 0 Å². The molecular formula is C15H20O3. The SMILES string of the molecule is CC(C)c1ccc(C(CC(=O)O)C2CC2)c(O)c1. The lowest BCUT2D eigenvalue weighted by molar-refractivity contribution is -0.137. The minimum absolute atomic E-state index is 0.0382. The third-order valence-electron chi connectivity index (χ3n) is 3.71. The summed E-state index contributed by atoms with van der Waals surface area (Å²) in [5.41, 5.74) is 1.88. The Labute approximate surface area is 107 Å². The fraction of sp³-hybridized carbons (Fsp3) is 0.533. The van der Waals surface area contributed by atoms with Crippen molar-refractivity contribution in [1.29, 1.82) is 0 Å². The van der Waals surface area contributed by atoms with Crippen molar-refractivity contribution in [1.82, 2.24) is 0 Å². The number of hydrogen-bond donors (Lipinski definition) is 2. The number of carboxylic acids is 1. The van der Waals surface area contributed by atoms with Crippen LogP contribution >= 0.6 is 0 Å². The van der Waals surface area contributed by atoms with Gasteiger partial charge in [-0.25, -0.2) is 0 Å². The van der Waals surface area contributed by atoms with E-state index in [1.807, 2.05) is 12.1 Å². The van der Waals surface area contributed by atoms with Gasteiger partial charge in [0, 0.05) is 5.92 Å². The van der Waals surface area contributed by atoms with Crippen molar-refractivity contribution >= 4 is 5.97 Å². The quantitative estimate of drug-likeness (QED) is 0.838. The monoisotopic (exact) mass is 248 g/mol. The normalized spacial score (nSPS) is 16.8. The summed E-state index contributed by atoms with van der Waals surface area (Å²) in [6.45, 7) is 4.15. The third kappa shape index (κ3) is 2.84. The molecule has 1 saturated carbocycles. The number of aromatic hydroxyl groups is 1. The van der Waals surface area contributed by atoms with Crippen LogP contribution < -0.4 is 0 Å². The lowest BCUT2D eigenvalue weighted by atomic mass is 9.88. The Bertz CT molecular complexity index is 447. The van der Waals surface area contributed by atoms with Gasteiger partial charge < -0.3 is 10.2 Å². The number of carbonyl (C=O) groups is 1. The Balaban J connectivity index is 2.27. The number of benzene rings is 1. The first kappa shape index (κ1) is 12.9. The van der Waals surface area contributed by atoms with Crippen molar-refractivity contribution in [2.45, 2.75) is 44.9 Å². The lowest BCUT2D eigenvalue weighted by Gasteiger charge is -2.17. The molecule has 18 heavy (non-hydrogen) atoms. The fourth-order valence-electron chi connectivity index (χ4n) is 2.45. The predicted molar refractivity (Wildman–Crippen MR) is 69.9 cm³/mol. The van der Waals surface area contributed by atoms with Gasteiger partial charge in [0.1, 0.15) is 5.75 Å². The van der Waals surface area contributed by atoms with Crippen LogP contribution in [0.2, 0.25) is 0 Å². The van der Waals surface area contributed by atoms with E-state index in [0.29, 0.717) is 11.8 Å². The van der Waals surface area contributed by atoms with Crippen LogP contribution in [0.15, 0.2) is 18.2 Å². The van der Waals surface area contributed by atoms with Gasteiger partial charge in [-0.2, -0.15) is 0 Å². The summed E-state index contributed by atoms with van der Waals surface area (Å²) in [5.74, 6) is 0.211. The number of phenolic OH excluding ortho intramolecular Hbond substituents is 1. The van der Waals surface area contributed by atoms with Crippen LogP contribution in [0.5, 0.6) is 5.75 Å². The van der Waals surface area contributed by atoms with Crippen molar-refractivity contribution < 1.29 is 15.0 Å². The number of hydrogen-bond acceptors (Lipinski definition) is 2. The van der Waals surface area contributed by atoms with Crippen LogP contribution in [0.3, 0.4) is 0 Å². The Hall–Kier alpha value is -1.51. The molecule has 2 N–H and O–H groups in total. The first-order chi connectivity index (χ1) is 8.49. The van der Waals surface area contributed by atoms with E-state index in [0.717, 1.165) is 24.0 Å². The zero-order chi connectivity index (χ0) is 13.3. The van der Waals surface area contributed by atoms with Gasteiger partial charge in [0.25, 0.3) is 0 Å². The number of rotatable bonds is 5. The second-order valence-corrected chi connectivity index (χ2v) is 5.51. The van der Waals surface area contributed by atoms with Crippen molar-refractivity contribution in [3.63, 3.8) is 0 Å². The summed E-state index contributed by atoms with van der Waals surface area (Å²) in [6, 6.07) is 5.67. The second-order valence-electron chi connectivity index (χ2n) is 5.51. The molecule has 0 bridgehead atoms. The molecule has 1 fully saturated rings. The Kier molecular flexibility index (Phi) is 3.60. The smallest absolute Gasteiger partial charge is 0.303 e. The maximum Gasteiger partial charge on any atom is 0.303 e. The average Bonchev–Trinajstić information content (AvgIpc) is 3.09. The van der Waals surface area contributed by atoms with Crippen LogP contribution in [-0.4, -0.2) is 16.2 Å². The third-order valence-corrected chi connectivity index (χ3v) is 3.71. The molecule has 2 rings (SSSR count). The Morgan fingerprint density at radius 2 is 2.06 bits per heavy atom. The first-order valence-electron chi connectivity index (χ1n) is 6.53. The molecule has 1 atom stereocenters. The Morgan fingerprint density at radius 3 is 2.50 bits per heavy atom. The minimum Gasteiger partial charge on any atom is -0.508 e. The summed E-state index contributed by atoms with van der Waals surface area (Å²) in [7, 11) is 0. The molecule has 0 radical (unpaired) electrons. The summed E-state index contributed by atoms with van der Waals surface area (Å²) in [5, 5.41) is 19.1. The molecule has 3 nitrogen and oxygen atoms in total. The standard InChI is InChI=1S/C15H20O3/c1-9(2)11-5-6-12(14(16)7-11)13(8-15(17)18)10-3-4-10/h5-7,9-10,13,16H,3-4,8H2,1-2H3,(H,17,18). The zero-order valence-corrected chi connectivity index (χ0v) is 10.9. The van der Waals surface area contributed by atoms with E-state index in [9.17, 15) is 9.90 Å². The van der Waals surface area contributed by atoms with Gasteiger partial charge in [0.2, 0.25) is 0 Å². The molecule has 0 amide bonds. The van der Waals surface area contributed by atoms with E-state index < -0.39 is 5.97 Å². The number of carboxylic acid groups (broad SMARTS) is 1. The van der Waals surface area contributed by atoms with E-state index in [2.05, 4.69) is 13.8 Å². The van der Waals surface area contributed by atoms with Gasteiger partial charge in [-0.15, -0.1) is 0 Å². The highest BCUT2D eigenvalue weighted by Gasteiger charge is 2.35. The summed E-state index contributed by atoms with van der Waals surface area (Å²) in [6.07, 6.45) is 2.26. The van der Waals surface area contributed by atoms with Crippen molar-refractivity contribution in [3.05, 3.63) is 29.3 Å². The number of aliphatic carboxylic acids is 1. The molecule has 0 spiro atoms.